The topological polar surface area (TPSA) is 78.9 Å². The minimum Gasteiger partial charge on any atom is -0.399 e. The third-order valence-corrected chi connectivity index (χ3v) is 2.72. The molecule has 0 saturated carbocycles. The van der Waals surface area contributed by atoms with E-state index in [9.17, 15) is 9.18 Å². The molecule has 4 nitrogen and oxygen atoms in total. The van der Waals surface area contributed by atoms with Crippen LogP contribution in [0.1, 0.15) is 21.5 Å². The largest absolute Gasteiger partial charge is 0.399 e. The molecule has 0 saturated heterocycles. The Bertz CT molecular complexity index is 654. The molecule has 0 bridgehead atoms. The second kappa shape index (κ2) is 5.85. The van der Waals surface area contributed by atoms with E-state index in [2.05, 4.69) is 5.32 Å². The van der Waals surface area contributed by atoms with E-state index < -0.39 is 11.7 Å². The lowest BCUT2D eigenvalue weighted by Crippen LogP contribution is -2.23. The van der Waals surface area contributed by atoms with Crippen molar-refractivity contribution >= 4 is 11.6 Å². The van der Waals surface area contributed by atoms with Gasteiger partial charge in [0.05, 0.1) is 11.6 Å². The van der Waals surface area contributed by atoms with Crippen LogP contribution in [0, 0.1) is 17.1 Å². The predicted molar refractivity (Wildman–Crippen MR) is 73.1 cm³/mol. The van der Waals surface area contributed by atoms with Crippen LogP contribution in [0.5, 0.6) is 0 Å². The molecule has 2 aromatic rings. The molecule has 2 rings (SSSR count). The Morgan fingerprint density at radius 3 is 2.55 bits per heavy atom. The van der Waals surface area contributed by atoms with Crippen molar-refractivity contribution in [1.82, 2.24) is 5.32 Å². The van der Waals surface area contributed by atoms with Crippen LogP contribution in [-0.4, -0.2) is 5.91 Å². The zero-order valence-electron chi connectivity index (χ0n) is 10.6. The van der Waals surface area contributed by atoms with Gasteiger partial charge < -0.3 is 11.1 Å². The Morgan fingerprint density at radius 2 is 1.95 bits per heavy atom. The SMILES string of the molecule is N#Cc1ccc(CNC(=O)c2cc(N)cc(F)c2)cc1. The van der Waals surface area contributed by atoms with Gasteiger partial charge in [0.25, 0.3) is 5.91 Å². The molecule has 0 heterocycles. The molecule has 0 spiro atoms. The number of rotatable bonds is 3. The summed E-state index contributed by atoms with van der Waals surface area (Å²) in [6.45, 7) is 0.293. The first kappa shape index (κ1) is 13.6. The third-order valence-electron chi connectivity index (χ3n) is 2.72. The lowest BCUT2D eigenvalue weighted by molar-refractivity contribution is 0.0950. The summed E-state index contributed by atoms with van der Waals surface area (Å²) in [6, 6.07) is 12.5. The van der Waals surface area contributed by atoms with E-state index in [1.54, 1.807) is 24.3 Å². The molecular weight excluding hydrogens is 257 g/mol. The van der Waals surface area contributed by atoms with Gasteiger partial charge in [0.1, 0.15) is 5.82 Å². The Labute approximate surface area is 115 Å². The van der Waals surface area contributed by atoms with Gasteiger partial charge in [0.15, 0.2) is 0 Å². The maximum absolute atomic E-state index is 13.1. The number of carbonyl (C=O) groups is 1. The first-order valence-corrected chi connectivity index (χ1v) is 5.92. The van der Waals surface area contributed by atoms with Crippen LogP contribution in [0.2, 0.25) is 0 Å². The van der Waals surface area contributed by atoms with Crippen LogP contribution in [0.15, 0.2) is 42.5 Å². The van der Waals surface area contributed by atoms with Crippen LogP contribution in [-0.2, 0) is 6.54 Å². The number of nitrogen functional groups attached to an aromatic ring is 1. The maximum Gasteiger partial charge on any atom is 0.251 e. The first-order chi connectivity index (χ1) is 9.58. The number of nitrogens with one attached hydrogen (secondary N) is 1. The number of halogens is 1. The van der Waals surface area contributed by atoms with Crippen molar-refractivity contribution in [3.63, 3.8) is 0 Å². The first-order valence-electron chi connectivity index (χ1n) is 5.92. The van der Waals surface area contributed by atoms with E-state index in [-0.39, 0.29) is 11.3 Å². The molecule has 2 aromatic carbocycles. The van der Waals surface area contributed by atoms with Gasteiger partial charge in [-0.2, -0.15) is 5.26 Å². The van der Waals surface area contributed by atoms with Crippen molar-refractivity contribution in [2.75, 3.05) is 5.73 Å². The second-order valence-electron chi connectivity index (χ2n) is 4.26. The third kappa shape index (κ3) is 3.33. The van der Waals surface area contributed by atoms with E-state index >= 15 is 0 Å². The summed E-state index contributed by atoms with van der Waals surface area (Å²) in [4.78, 5) is 11.9. The van der Waals surface area contributed by atoms with Crippen LogP contribution >= 0.6 is 0 Å². The Kier molecular flexibility index (Phi) is 3.96. The fourth-order valence-electron chi connectivity index (χ4n) is 1.72. The van der Waals surface area contributed by atoms with E-state index in [4.69, 9.17) is 11.0 Å². The van der Waals surface area contributed by atoms with E-state index in [1.165, 1.54) is 6.07 Å². The highest BCUT2D eigenvalue weighted by Gasteiger charge is 2.07. The normalized spacial score (nSPS) is 9.80. The molecule has 0 fully saturated rings. The minimum absolute atomic E-state index is 0.177. The maximum atomic E-state index is 13.1. The molecule has 0 aliphatic rings. The van der Waals surface area contributed by atoms with Gasteiger partial charge in [0, 0.05) is 17.8 Å². The molecule has 100 valence electrons. The highest BCUT2D eigenvalue weighted by molar-refractivity contribution is 5.95. The van der Waals surface area contributed by atoms with Crippen molar-refractivity contribution in [2.24, 2.45) is 0 Å². The number of carbonyl (C=O) groups excluding carboxylic acids is 1. The second-order valence-corrected chi connectivity index (χ2v) is 4.26. The van der Waals surface area contributed by atoms with Gasteiger partial charge in [-0.15, -0.1) is 0 Å². The summed E-state index contributed by atoms with van der Waals surface area (Å²) in [6.07, 6.45) is 0. The quantitative estimate of drug-likeness (QED) is 0.838. The number of hydrogen-bond acceptors (Lipinski definition) is 3. The van der Waals surface area contributed by atoms with Gasteiger partial charge in [-0.3, -0.25) is 4.79 Å². The number of hydrogen-bond donors (Lipinski definition) is 2. The Hall–Kier alpha value is -2.87. The highest BCUT2D eigenvalue weighted by Crippen LogP contribution is 2.11. The predicted octanol–water partition coefficient (Wildman–Crippen LogP) is 2.21. The van der Waals surface area contributed by atoms with Crippen molar-refractivity contribution < 1.29 is 9.18 Å². The van der Waals surface area contributed by atoms with Crippen molar-refractivity contribution in [3.05, 3.63) is 65.0 Å². The monoisotopic (exact) mass is 269 g/mol. The zero-order valence-corrected chi connectivity index (χ0v) is 10.6. The molecule has 0 aromatic heterocycles. The van der Waals surface area contributed by atoms with Crippen molar-refractivity contribution in [1.29, 1.82) is 5.26 Å². The number of anilines is 1. The van der Waals surface area contributed by atoms with E-state index in [0.717, 1.165) is 17.7 Å². The lowest BCUT2D eigenvalue weighted by atomic mass is 10.1. The summed E-state index contributed by atoms with van der Waals surface area (Å²) in [5.41, 5.74) is 7.27. The summed E-state index contributed by atoms with van der Waals surface area (Å²) in [5, 5.41) is 11.3. The number of nitrogens with zero attached hydrogens (tertiary/aromatic N) is 1. The smallest absolute Gasteiger partial charge is 0.251 e. The van der Waals surface area contributed by atoms with E-state index in [1.807, 2.05) is 6.07 Å². The Morgan fingerprint density at radius 1 is 1.25 bits per heavy atom. The number of benzene rings is 2. The molecule has 0 aliphatic heterocycles. The highest BCUT2D eigenvalue weighted by atomic mass is 19.1. The summed E-state index contributed by atoms with van der Waals surface area (Å²) in [7, 11) is 0. The molecule has 0 aliphatic carbocycles. The molecule has 5 heteroatoms. The van der Waals surface area contributed by atoms with Crippen LogP contribution in [0.25, 0.3) is 0 Å². The number of amides is 1. The van der Waals surface area contributed by atoms with Crippen LogP contribution in [0.4, 0.5) is 10.1 Å². The van der Waals surface area contributed by atoms with Gasteiger partial charge in [-0.25, -0.2) is 4.39 Å². The number of nitriles is 1. The molecule has 3 N–H and O–H groups in total. The Balaban J connectivity index is 2.02. The molecule has 0 atom stereocenters. The summed E-state index contributed by atoms with van der Waals surface area (Å²) >= 11 is 0. The molecule has 1 amide bonds. The van der Waals surface area contributed by atoms with Gasteiger partial charge >= 0.3 is 0 Å². The molecule has 20 heavy (non-hydrogen) atoms. The standard InChI is InChI=1S/C15H12FN3O/c16-13-5-12(6-14(18)7-13)15(20)19-9-11-3-1-10(8-17)2-4-11/h1-7H,9,18H2,(H,19,20). The van der Waals surface area contributed by atoms with Crippen molar-refractivity contribution in [3.8, 4) is 6.07 Å². The van der Waals surface area contributed by atoms with Crippen LogP contribution in [0.3, 0.4) is 0 Å². The zero-order chi connectivity index (χ0) is 14.5. The minimum atomic E-state index is -0.548. The fraction of sp³-hybridized carbons (Fsp3) is 0.0667. The van der Waals surface area contributed by atoms with Gasteiger partial charge in [-0.05, 0) is 35.9 Å². The fourth-order valence-corrected chi connectivity index (χ4v) is 1.72. The molecule has 0 unspecified atom stereocenters. The average Bonchev–Trinajstić information content (AvgIpc) is 2.44. The lowest BCUT2D eigenvalue weighted by Gasteiger charge is -2.06. The average molecular weight is 269 g/mol. The van der Waals surface area contributed by atoms with Crippen LogP contribution < -0.4 is 11.1 Å². The van der Waals surface area contributed by atoms with Gasteiger partial charge in [0.2, 0.25) is 0 Å². The molecular formula is C15H12FN3O. The van der Waals surface area contributed by atoms with Crippen molar-refractivity contribution in [2.45, 2.75) is 6.54 Å². The number of nitrogens with two attached hydrogens (primary N) is 1. The van der Waals surface area contributed by atoms with E-state index in [0.29, 0.717) is 12.1 Å². The van der Waals surface area contributed by atoms with Gasteiger partial charge in [-0.1, -0.05) is 12.1 Å². The summed E-state index contributed by atoms with van der Waals surface area (Å²) < 4.78 is 13.1. The molecule has 0 radical (unpaired) electrons. The summed E-state index contributed by atoms with van der Waals surface area (Å²) in [5.74, 6) is -0.950.